The lowest BCUT2D eigenvalue weighted by Gasteiger charge is -2.30. The van der Waals surface area contributed by atoms with Crippen LogP contribution in [0.3, 0.4) is 0 Å². The molecule has 7 atom stereocenters. The molecule has 1 aliphatic heterocycles. The smallest absolute Gasteiger partial charge is 0.386 e. The highest BCUT2D eigenvalue weighted by Gasteiger charge is 2.50. The molecule has 304 valence electrons. The number of thioether (sulfide) groups is 1. The summed E-state index contributed by atoms with van der Waals surface area (Å²) in [6, 6.07) is -1.78. The largest absolute Gasteiger partial charge is 0.481 e. The fraction of sp³-hybridized carbons (Fsp3) is 0.625. The zero-order valence-electron chi connectivity index (χ0n) is 28.1. The van der Waals surface area contributed by atoms with Crippen LogP contribution in [-0.4, -0.2) is 129 Å². The number of rotatable bonds is 21. The second-order valence-electron chi connectivity index (χ2n) is 11.8. The van der Waals surface area contributed by atoms with Gasteiger partial charge in [0.15, 0.2) is 22.8 Å². The Morgan fingerprint density at radius 1 is 1.07 bits per heavy atom. The van der Waals surface area contributed by atoms with Gasteiger partial charge in [0.1, 0.15) is 42.7 Å². The van der Waals surface area contributed by atoms with Gasteiger partial charge < -0.3 is 50.9 Å². The van der Waals surface area contributed by atoms with E-state index in [9.17, 15) is 67.1 Å². The number of carbonyl (C=O) groups is 4. The number of anilines is 1. The Hall–Kier alpha value is -2.84. The van der Waals surface area contributed by atoms with Gasteiger partial charge in [0.05, 0.1) is 19.5 Å². The van der Waals surface area contributed by atoms with Crippen LogP contribution < -0.4 is 16.4 Å². The number of nitrogen functional groups attached to an aromatic ring is 1. The minimum Gasteiger partial charge on any atom is -0.386 e. The van der Waals surface area contributed by atoms with Crippen molar-refractivity contribution in [2.24, 2.45) is 5.41 Å². The molecule has 3 unspecified atom stereocenters. The van der Waals surface area contributed by atoms with Gasteiger partial charge in [-0.2, -0.15) is 8.70 Å². The number of aromatic nitrogens is 4. The van der Waals surface area contributed by atoms with E-state index in [1.165, 1.54) is 13.8 Å². The molecule has 0 saturated carbocycles. The van der Waals surface area contributed by atoms with E-state index in [2.05, 4.69) is 34.4 Å². The van der Waals surface area contributed by atoms with Crippen molar-refractivity contribution >= 4 is 75.2 Å². The van der Waals surface area contributed by atoms with E-state index < -0.39 is 102 Å². The first-order valence-corrected chi connectivity index (χ1v) is 20.6. The van der Waals surface area contributed by atoms with E-state index in [0.717, 1.165) is 17.2 Å². The molecule has 3 rings (SSSR count). The zero-order valence-corrected chi connectivity index (χ0v) is 31.6. The molecule has 0 bridgehead atoms. The molecule has 2 aromatic rings. The molecule has 25 nitrogen and oxygen atoms in total. The minimum atomic E-state index is -5.59. The Morgan fingerprint density at radius 3 is 2.39 bits per heavy atom. The van der Waals surface area contributed by atoms with Crippen LogP contribution in [0.25, 0.3) is 11.2 Å². The summed E-state index contributed by atoms with van der Waals surface area (Å²) in [5.74, 6) is -1.61. The number of nitrogens with two attached hydrogens (primary N) is 1. The number of nitrogens with one attached hydrogen (secondary N) is 2. The quantitative estimate of drug-likeness (QED) is 0.0300. The fourth-order valence-electron chi connectivity index (χ4n) is 4.46. The summed E-state index contributed by atoms with van der Waals surface area (Å²) in [4.78, 5) is 96.6. The van der Waals surface area contributed by atoms with E-state index in [-0.39, 0.29) is 42.2 Å². The third kappa shape index (κ3) is 13.7. The summed E-state index contributed by atoms with van der Waals surface area (Å²) >= 11 is 0.638. The molecule has 0 spiro atoms. The summed E-state index contributed by atoms with van der Waals surface area (Å²) in [6.45, 7) is 0.0470. The number of halogens is 1. The molecule has 3 heterocycles. The third-order valence-electron chi connectivity index (χ3n) is 7.05. The first kappa shape index (κ1) is 45.5. The standard InChI is InChI=1S/C24H37FN7O18P3S/c1-24(2,19(37)22(38)28-4-3-14(34)27-5-6-54-15(35)7-13(25)33)9-47-53(44,45)50-52(42,43)46-8-12-18(49-51(39,40)41)17(36)23(48-12)32-11-31-16-20(26)29-10-30-21(16)32/h10-12,17-19,23,36-37H,3-9H2,1-2H3,(H,27,34)(H,28,38)(H,42,43)(H,44,45)(H2,26,29,30)(H2,39,40,41)/t12-,17-,18-,19?,23-/m1/s1. The molecule has 0 aliphatic carbocycles. The second kappa shape index (κ2) is 18.9. The van der Waals surface area contributed by atoms with Crippen molar-refractivity contribution in [1.82, 2.24) is 30.2 Å². The number of amides is 2. The van der Waals surface area contributed by atoms with E-state index in [1.807, 2.05) is 0 Å². The lowest BCUT2D eigenvalue weighted by Crippen LogP contribution is -2.46. The molecule has 1 aliphatic rings. The SMILES string of the molecule is CC(C)(COP(=O)(O)OP(=O)(O)OC[C@H]1O[C@@H](n2cnc3c(N)ncnc32)[C@H](O)[C@@H]1OP(=O)(O)O)C(O)C(=O)NCCC(=O)NCCSC(=O)CC(=O)F. The molecule has 2 aromatic heterocycles. The Labute approximate surface area is 307 Å². The number of ether oxygens (including phenoxy) is 1. The number of hydrogen-bond donors (Lipinski definition) is 9. The van der Waals surface area contributed by atoms with Gasteiger partial charge >= 0.3 is 29.5 Å². The number of aliphatic hydroxyl groups excluding tert-OH is 2. The average Bonchev–Trinajstić information content (AvgIpc) is 3.60. The minimum absolute atomic E-state index is 0.00834. The molecule has 10 N–H and O–H groups in total. The predicted molar refractivity (Wildman–Crippen MR) is 178 cm³/mol. The Kier molecular flexibility index (Phi) is 15.9. The molecule has 1 fully saturated rings. The van der Waals surface area contributed by atoms with Crippen molar-refractivity contribution in [2.45, 2.75) is 57.3 Å². The zero-order chi connectivity index (χ0) is 40.6. The van der Waals surface area contributed by atoms with Crippen molar-refractivity contribution in [3.05, 3.63) is 12.7 Å². The number of phosphoric acid groups is 3. The molecule has 1 saturated heterocycles. The molecule has 0 aromatic carbocycles. The van der Waals surface area contributed by atoms with Crippen LogP contribution in [-0.2, 0) is 55.5 Å². The summed E-state index contributed by atoms with van der Waals surface area (Å²) in [5, 5.41) is 25.3. The van der Waals surface area contributed by atoms with Crippen molar-refractivity contribution in [2.75, 3.05) is 37.8 Å². The number of phosphoric ester groups is 3. The maximum atomic E-state index is 12.6. The van der Waals surface area contributed by atoms with Crippen molar-refractivity contribution < 1.29 is 89.7 Å². The summed E-state index contributed by atoms with van der Waals surface area (Å²) in [6.07, 6.45) is -8.05. The first-order valence-electron chi connectivity index (χ1n) is 15.1. The Morgan fingerprint density at radius 2 is 1.74 bits per heavy atom. The Bertz CT molecular complexity index is 1830. The topological polar surface area (TPSA) is 381 Å². The number of aliphatic hydroxyl groups is 2. The fourth-order valence-corrected chi connectivity index (χ4v) is 7.94. The van der Waals surface area contributed by atoms with Crippen molar-refractivity contribution in [1.29, 1.82) is 0 Å². The summed E-state index contributed by atoms with van der Waals surface area (Å²) in [7, 11) is -16.5. The number of carbonyl (C=O) groups excluding carboxylic acids is 4. The van der Waals surface area contributed by atoms with E-state index in [4.69, 9.17) is 19.5 Å². The van der Waals surface area contributed by atoms with Gasteiger partial charge in [-0.25, -0.2) is 28.6 Å². The van der Waals surface area contributed by atoms with Gasteiger partial charge in [0.2, 0.25) is 11.8 Å². The number of imidazole rings is 1. The molecule has 0 radical (unpaired) electrons. The number of nitrogens with zero attached hydrogens (tertiary/aromatic N) is 4. The lowest BCUT2D eigenvalue weighted by molar-refractivity contribution is -0.137. The van der Waals surface area contributed by atoms with E-state index in [1.54, 1.807) is 0 Å². The van der Waals surface area contributed by atoms with Gasteiger partial charge in [-0.15, -0.1) is 0 Å². The van der Waals surface area contributed by atoms with Crippen LogP contribution >= 0.6 is 35.2 Å². The van der Waals surface area contributed by atoms with Gasteiger partial charge in [-0.1, -0.05) is 25.6 Å². The normalized spacial score (nSPS) is 21.9. The number of hydrogen-bond acceptors (Lipinski definition) is 19. The van der Waals surface area contributed by atoms with Gasteiger partial charge in [0, 0.05) is 30.7 Å². The molecule has 2 amide bonds. The highest BCUT2D eigenvalue weighted by molar-refractivity contribution is 8.13. The predicted octanol–water partition coefficient (Wildman–Crippen LogP) is -1.45. The van der Waals surface area contributed by atoms with Gasteiger partial charge in [-0.05, 0) is 0 Å². The van der Waals surface area contributed by atoms with E-state index >= 15 is 0 Å². The van der Waals surface area contributed by atoms with Gasteiger partial charge in [-0.3, -0.25) is 37.3 Å². The number of fused-ring (bicyclic) bond motifs is 1. The second-order valence-corrected chi connectivity index (χ2v) is 17.2. The van der Waals surface area contributed by atoms with Crippen LogP contribution in [0.4, 0.5) is 10.2 Å². The highest BCUT2D eigenvalue weighted by atomic mass is 32.2. The molecular weight excluding hydrogens is 818 g/mol. The van der Waals surface area contributed by atoms with Crippen LogP contribution in [0.2, 0.25) is 0 Å². The molecule has 54 heavy (non-hydrogen) atoms. The first-order chi connectivity index (χ1) is 24.9. The third-order valence-corrected chi connectivity index (χ3v) is 11.0. The molecular formula is C24H37FN7O18P3S. The summed E-state index contributed by atoms with van der Waals surface area (Å²) < 4.78 is 74.0. The van der Waals surface area contributed by atoms with Crippen LogP contribution in [0.1, 0.15) is 32.9 Å². The Balaban J connectivity index is 1.51. The van der Waals surface area contributed by atoms with Crippen LogP contribution in [0.15, 0.2) is 12.7 Å². The maximum absolute atomic E-state index is 12.6. The summed E-state index contributed by atoms with van der Waals surface area (Å²) in [5.41, 5.74) is 4.17. The molecule has 30 heteroatoms. The van der Waals surface area contributed by atoms with E-state index in [0.29, 0.717) is 11.8 Å². The monoisotopic (exact) mass is 855 g/mol. The van der Waals surface area contributed by atoms with Crippen molar-refractivity contribution in [3.8, 4) is 0 Å². The lowest BCUT2D eigenvalue weighted by atomic mass is 9.87. The van der Waals surface area contributed by atoms with Crippen molar-refractivity contribution in [3.63, 3.8) is 0 Å². The van der Waals surface area contributed by atoms with Crippen LogP contribution in [0, 0.1) is 5.41 Å². The maximum Gasteiger partial charge on any atom is 0.481 e. The van der Waals surface area contributed by atoms with Crippen LogP contribution in [0.5, 0.6) is 0 Å². The highest BCUT2D eigenvalue weighted by Crippen LogP contribution is 2.61. The average molecular weight is 856 g/mol. The van der Waals surface area contributed by atoms with Gasteiger partial charge in [0.25, 0.3) is 0 Å².